The maximum Gasteiger partial charge on any atom is 0.328 e. The van der Waals surface area contributed by atoms with Crippen LogP contribution >= 0.6 is 0 Å². The van der Waals surface area contributed by atoms with E-state index < -0.39 is 5.97 Å². The third kappa shape index (κ3) is 17.1. The first-order chi connectivity index (χ1) is 10.2. The summed E-state index contributed by atoms with van der Waals surface area (Å²) in [4.78, 5) is 10.4. The van der Waals surface area contributed by atoms with Gasteiger partial charge in [-0.15, -0.1) is 0 Å². The van der Waals surface area contributed by atoms with Crippen molar-refractivity contribution >= 4 is 5.97 Å². The van der Waals surface area contributed by atoms with Crippen molar-refractivity contribution in [3.63, 3.8) is 0 Å². The third-order valence-electron chi connectivity index (χ3n) is 3.77. The number of carbonyl (C=O) groups is 1. The van der Waals surface area contributed by atoms with Crippen molar-refractivity contribution in [3.8, 4) is 0 Å². The summed E-state index contributed by atoms with van der Waals surface area (Å²) >= 11 is 0. The highest BCUT2D eigenvalue weighted by atomic mass is 16.4. The quantitative estimate of drug-likeness (QED) is 0.333. The second-order valence-electron chi connectivity index (χ2n) is 6.01. The molecule has 0 bridgehead atoms. The first-order valence-electron chi connectivity index (χ1n) is 8.77. The minimum Gasteiger partial charge on any atom is -0.478 e. The Kier molecular flexibility index (Phi) is 14.9. The third-order valence-corrected chi connectivity index (χ3v) is 3.77. The van der Waals surface area contributed by atoms with E-state index in [0.29, 0.717) is 0 Å². The molecule has 0 spiro atoms. The molecule has 0 fully saturated rings. The van der Waals surface area contributed by atoms with Crippen LogP contribution < -0.4 is 5.32 Å². The van der Waals surface area contributed by atoms with Gasteiger partial charge in [-0.25, -0.2) is 4.79 Å². The predicted octanol–water partition coefficient (Wildman–Crippen LogP) is 4.92. The van der Waals surface area contributed by atoms with E-state index in [9.17, 15) is 4.79 Å². The van der Waals surface area contributed by atoms with Crippen molar-refractivity contribution < 1.29 is 9.90 Å². The molecule has 0 radical (unpaired) electrons. The smallest absolute Gasteiger partial charge is 0.328 e. The highest BCUT2D eigenvalue weighted by Gasteiger charge is 1.95. The molecule has 0 aromatic rings. The van der Waals surface area contributed by atoms with Crippen molar-refractivity contribution in [1.82, 2.24) is 5.32 Å². The van der Waals surface area contributed by atoms with Gasteiger partial charge in [0.1, 0.15) is 0 Å². The highest BCUT2D eigenvalue weighted by molar-refractivity contribution is 5.80. The molecule has 0 unspecified atom stereocenters. The van der Waals surface area contributed by atoms with Gasteiger partial charge in [0.2, 0.25) is 0 Å². The van der Waals surface area contributed by atoms with Gasteiger partial charge in [0.05, 0.1) is 0 Å². The molecule has 0 aromatic carbocycles. The minimum absolute atomic E-state index is 0.823. The lowest BCUT2D eigenvalue weighted by Gasteiger charge is -2.05. The number of hydrogen-bond donors (Lipinski definition) is 2. The highest BCUT2D eigenvalue weighted by Crippen LogP contribution is 2.10. The minimum atomic E-state index is -0.845. The standard InChI is InChI=1S/C18H35NO2/c1-3-4-5-6-7-8-9-10-11-12-14-19-15-13-17(2)16-18(20)21/h16,19H,3-15H2,1-2H3,(H,20,21)/b17-16-. The van der Waals surface area contributed by atoms with E-state index in [1.807, 2.05) is 6.92 Å². The fourth-order valence-corrected chi connectivity index (χ4v) is 2.43. The average molecular weight is 297 g/mol. The number of hydrogen-bond acceptors (Lipinski definition) is 2. The summed E-state index contributed by atoms with van der Waals surface area (Å²) in [6.07, 6.45) is 15.8. The van der Waals surface area contributed by atoms with Gasteiger partial charge in [0, 0.05) is 6.08 Å². The zero-order chi connectivity index (χ0) is 15.8. The molecule has 0 aliphatic heterocycles. The molecule has 0 heterocycles. The van der Waals surface area contributed by atoms with Crippen LogP contribution in [0.2, 0.25) is 0 Å². The summed E-state index contributed by atoms with van der Waals surface area (Å²) < 4.78 is 0. The molecule has 2 N–H and O–H groups in total. The van der Waals surface area contributed by atoms with Gasteiger partial charge < -0.3 is 10.4 Å². The summed E-state index contributed by atoms with van der Waals surface area (Å²) in [5, 5.41) is 12.0. The van der Waals surface area contributed by atoms with Crippen molar-refractivity contribution in [1.29, 1.82) is 0 Å². The maximum atomic E-state index is 10.4. The Morgan fingerprint density at radius 3 is 1.95 bits per heavy atom. The SMILES string of the molecule is CCCCCCCCCCCCNCC/C(C)=C\C(=O)O. The normalized spacial score (nSPS) is 11.8. The average Bonchev–Trinajstić information content (AvgIpc) is 2.43. The molecule has 0 atom stereocenters. The summed E-state index contributed by atoms with van der Waals surface area (Å²) in [7, 11) is 0. The Balaban J connectivity index is 3.14. The lowest BCUT2D eigenvalue weighted by atomic mass is 10.1. The Morgan fingerprint density at radius 2 is 1.43 bits per heavy atom. The van der Waals surface area contributed by atoms with Crippen LogP contribution in [0.25, 0.3) is 0 Å². The molecular formula is C18H35NO2. The number of unbranched alkanes of at least 4 members (excludes halogenated alkanes) is 9. The number of rotatable bonds is 15. The van der Waals surface area contributed by atoms with Gasteiger partial charge in [-0.1, -0.05) is 70.3 Å². The predicted molar refractivity (Wildman–Crippen MR) is 90.7 cm³/mol. The van der Waals surface area contributed by atoms with Crippen LogP contribution in [0.5, 0.6) is 0 Å². The second-order valence-corrected chi connectivity index (χ2v) is 6.01. The molecule has 0 aromatic heterocycles. The van der Waals surface area contributed by atoms with Gasteiger partial charge >= 0.3 is 5.97 Å². The molecule has 3 nitrogen and oxygen atoms in total. The van der Waals surface area contributed by atoms with Crippen LogP contribution in [0.15, 0.2) is 11.6 Å². The first kappa shape index (κ1) is 20.2. The molecule has 0 rings (SSSR count). The first-order valence-corrected chi connectivity index (χ1v) is 8.77. The Morgan fingerprint density at radius 1 is 0.905 bits per heavy atom. The van der Waals surface area contributed by atoms with Crippen LogP contribution in [0.4, 0.5) is 0 Å². The lowest BCUT2D eigenvalue weighted by molar-refractivity contribution is -0.131. The summed E-state index contributed by atoms with van der Waals surface area (Å²) in [6.45, 7) is 6.07. The van der Waals surface area contributed by atoms with Gasteiger partial charge in [0.25, 0.3) is 0 Å². The maximum absolute atomic E-state index is 10.4. The van der Waals surface area contributed by atoms with Gasteiger partial charge in [-0.2, -0.15) is 0 Å². The van der Waals surface area contributed by atoms with E-state index in [2.05, 4.69) is 12.2 Å². The number of carboxylic acid groups (broad SMARTS) is 1. The van der Waals surface area contributed by atoms with Crippen LogP contribution in [0.1, 0.15) is 84.5 Å². The van der Waals surface area contributed by atoms with Crippen LogP contribution in [0.3, 0.4) is 0 Å². The molecule has 0 saturated carbocycles. The van der Waals surface area contributed by atoms with Gasteiger partial charge in [0.15, 0.2) is 0 Å². The van der Waals surface area contributed by atoms with Crippen LogP contribution in [-0.2, 0) is 4.79 Å². The van der Waals surface area contributed by atoms with Crippen molar-refractivity contribution in [2.75, 3.05) is 13.1 Å². The largest absolute Gasteiger partial charge is 0.478 e. The molecule has 0 saturated heterocycles. The van der Waals surface area contributed by atoms with E-state index in [1.165, 1.54) is 70.3 Å². The Hall–Kier alpha value is -0.830. The number of carboxylic acids is 1. The zero-order valence-corrected chi connectivity index (χ0v) is 14.1. The van der Waals surface area contributed by atoms with E-state index in [1.54, 1.807) is 0 Å². The van der Waals surface area contributed by atoms with Crippen molar-refractivity contribution in [2.45, 2.75) is 84.5 Å². The fraction of sp³-hybridized carbons (Fsp3) is 0.833. The number of nitrogens with one attached hydrogen (secondary N) is 1. The van der Waals surface area contributed by atoms with Crippen molar-refractivity contribution in [3.05, 3.63) is 11.6 Å². The van der Waals surface area contributed by atoms with Crippen LogP contribution in [-0.4, -0.2) is 24.2 Å². The van der Waals surface area contributed by atoms with Crippen LogP contribution in [0, 0.1) is 0 Å². The summed E-state index contributed by atoms with van der Waals surface area (Å²) in [5.41, 5.74) is 0.929. The Labute approximate surface area is 131 Å². The molecular weight excluding hydrogens is 262 g/mol. The monoisotopic (exact) mass is 297 g/mol. The van der Waals surface area contributed by atoms with E-state index in [4.69, 9.17) is 5.11 Å². The lowest BCUT2D eigenvalue weighted by Crippen LogP contribution is -2.17. The van der Waals surface area contributed by atoms with E-state index >= 15 is 0 Å². The molecule has 0 aliphatic rings. The second kappa shape index (κ2) is 15.6. The zero-order valence-electron chi connectivity index (χ0n) is 14.1. The molecule has 0 aliphatic carbocycles. The van der Waals surface area contributed by atoms with Gasteiger partial charge in [-0.05, 0) is 32.9 Å². The summed E-state index contributed by atoms with van der Waals surface area (Å²) in [6, 6.07) is 0. The summed E-state index contributed by atoms with van der Waals surface area (Å²) in [5.74, 6) is -0.845. The molecule has 21 heavy (non-hydrogen) atoms. The molecule has 3 heteroatoms. The Bertz CT molecular complexity index is 274. The number of aliphatic carboxylic acids is 1. The molecule has 0 amide bonds. The topological polar surface area (TPSA) is 49.3 Å². The van der Waals surface area contributed by atoms with E-state index in [0.717, 1.165) is 25.1 Å². The van der Waals surface area contributed by atoms with Crippen molar-refractivity contribution in [2.24, 2.45) is 0 Å². The van der Waals surface area contributed by atoms with Gasteiger partial charge in [-0.3, -0.25) is 0 Å². The van der Waals surface area contributed by atoms with E-state index in [-0.39, 0.29) is 0 Å². The fourth-order valence-electron chi connectivity index (χ4n) is 2.43. The molecule has 124 valence electrons.